The third-order valence-electron chi connectivity index (χ3n) is 2.10. The topological polar surface area (TPSA) is 26.0 Å². The van der Waals surface area contributed by atoms with Gasteiger partial charge in [0.2, 0.25) is 0 Å². The smallest absolute Gasteiger partial charge is 0.123 e. The first kappa shape index (κ1) is 10.0. The summed E-state index contributed by atoms with van der Waals surface area (Å²) in [5, 5.41) is 0. The Morgan fingerprint density at radius 1 is 1.38 bits per heavy atom. The fourth-order valence-electron chi connectivity index (χ4n) is 1.24. The number of benzene rings is 1. The molecule has 0 aliphatic heterocycles. The molecule has 0 heterocycles. The molecule has 0 aliphatic rings. The van der Waals surface area contributed by atoms with Crippen molar-refractivity contribution in [1.82, 2.24) is 0 Å². The fraction of sp³-hybridized carbons (Fsp3) is 0.455. The molecule has 1 aromatic rings. The molecule has 0 aliphatic carbocycles. The lowest BCUT2D eigenvalue weighted by atomic mass is 10.0. The molecular formula is C11H16FN. The molecule has 0 saturated heterocycles. The van der Waals surface area contributed by atoms with Crippen molar-refractivity contribution in [2.24, 2.45) is 5.92 Å². The molecule has 1 nitrogen and oxygen atoms in total. The molecule has 0 aromatic heterocycles. The Morgan fingerprint density at radius 3 is 2.69 bits per heavy atom. The van der Waals surface area contributed by atoms with Gasteiger partial charge in [0.25, 0.3) is 0 Å². The monoisotopic (exact) mass is 181 g/mol. The van der Waals surface area contributed by atoms with Crippen LogP contribution >= 0.6 is 0 Å². The van der Waals surface area contributed by atoms with Crippen molar-refractivity contribution >= 4 is 5.69 Å². The molecule has 1 rings (SSSR count). The van der Waals surface area contributed by atoms with Crippen LogP contribution in [0, 0.1) is 11.7 Å². The van der Waals surface area contributed by atoms with E-state index in [4.69, 9.17) is 5.73 Å². The standard InChI is InChI=1S/C11H16FN/c1-8(2)3-4-9-7-10(12)5-6-11(9)13/h5-8H,3-4,13H2,1-2H3. The Hall–Kier alpha value is -1.05. The highest BCUT2D eigenvalue weighted by Gasteiger charge is 2.02. The lowest BCUT2D eigenvalue weighted by Crippen LogP contribution is -1.98. The number of aryl methyl sites for hydroxylation is 1. The third-order valence-corrected chi connectivity index (χ3v) is 2.10. The van der Waals surface area contributed by atoms with Gasteiger partial charge in [-0.15, -0.1) is 0 Å². The van der Waals surface area contributed by atoms with E-state index in [1.165, 1.54) is 12.1 Å². The molecule has 0 saturated carbocycles. The highest BCUT2D eigenvalue weighted by Crippen LogP contribution is 2.17. The molecule has 2 N–H and O–H groups in total. The summed E-state index contributed by atoms with van der Waals surface area (Å²) in [4.78, 5) is 0. The summed E-state index contributed by atoms with van der Waals surface area (Å²) in [5.41, 5.74) is 7.33. The molecule has 0 fully saturated rings. The number of anilines is 1. The van der Waals surface area contributed by atoms with Gasteiger partial charge in [-0.05, 0) is 42.5 Å². The zero-order valence-corrected chi connectivity index (χ0v) is 8.18. The van der Waals surface area contributed by atoms with Gasteiger partial charge in [0.05, 0.1) is 0 Å². The summed E-state index contributed by atoms with van der Waals surface area (Å²) < 4.78 is 12.8. The second kappa shape index (κ2) is 4.26. The number of nitrogens with two attached hydrogens (primary N) is 1. The van der Waals surface area contributed by atoms with Crippen molar-refractivity contribution < 1.29 is 4.39 Å². The molecule has 72 valence electrons. The summed E-state index contributed by atoms with van der Waals surface area (Å²) in [6.07, 6.45) is 1.91. The predicted octanol–water partition coefficient (Wildman–Crippen LogP) is 3.00. The lowest BCUT2D eigenvalue weighted by Gasteiger charge is -2.07. The van der Waals surface area contributed by atoms with Crippen LogP contribution in [-0.4, -0.2) is 0 Å². The predicted molar refractivity (Wildman–Crippen MR) is 54.0 cm³/mol. The van der Waals surface area contributed by atoms with Gasteiger partial charge in [-0.2, -0.15) is 0 Å². The van der Waals surface area contributed by atoms with Gasteiger partial charge in [-0.3, -0.25) is 0 Å². The van der Waals surface area contributed by atoms with Crippen molar-refractivity contribution in [2.45, 2.75) is 26.7 Å². The molecule has 0 unspecified atom stereocenters. The average molecular weight is 181 g/mol. The molecule has 0 spiro atoms. The second-order valence-corrected chi connectivity index (χ2v) is 3.78. The molecular weight excluding hydrogens is 165 g/mol. The SMILES string of the molecule is CC(C)CCc1cc(F)ccc1N. The quantitative estimate of drug-likeness (QED) is 0.713. The molecule has 0 atom stereocenters. The number of hydrogen-bond donors (Lipinski definition) is 1. The Bertz CT molecular complexity index is 281. The largest absolute Gasteiger partial charge is 0.399 e. The molecule has 0 amide bonds. The Morgan fingerprint density at radius 2 is 2.08 bits per heavy atom. The first-order valence-electron chi connectivity index (χ1n) is 4.63. The van der Waals surface area contributed by atoms with E-state index in [9.17, 15) is 4.39 Å². The van der Waals surface area contributed by atoms with Crippen LogP contribution in [0.4, 0.5) is 10.1 Å². The van der Waals surface area contributed by atoms with E-state index in [2.05, 4.69) is 13.8 Å². The van der Waals surface area contributed by atoms with Crippen LogP contribution < -0.4 is 5.73 Å². The van der Waals surface area contributed by atoms with Crippen molar-refractivity contribution in [2.75, 3.05) is 5.73 Å². The van der Waals surface area contributed by atoms with Gasteiger partial charge < -0.3 is 5.73 Å². The van der Waals surface area contributed by atoms with Crippen LogP contribution in [0.3, 0.4) is 0 Å². The van der Waals surface area contributed by atoms with Gasteiger partial charge in [-0.25, -0.2) is 4.39 Å². The van der Waals surface area contributed by atoms with Crippen LogP contribution in [0.5, 0.6) is 0 Å². The summed E-state index contributed by atoms with van der Waals surface area (Å²) in [5.74, 6) is 0.427. The molecule has 0 radical (unpaired) electrons. The summed E-state index contributed by atoms with van der Waals surface area (Å²) in [6.45, 7) is 4.30. The van der Waals surface area contributed by atoms with Crippen molar-refractivity contribution in [3.63, 3.8) is 0 Å². The van der Waals surface area contributed by atoms with E-state index in [-0.39, 0.29) is 5.82 Å². The Labute approximate surface area is 78.8 Å². The second-order valence-electron chi connectivity index (χ2n) is 3.78. The summed E-state index contributed by atoms with van der Waals surface area (Å²) in [7, 11) is 0. The molecule has 2 heteroatoms. The van der Waals surface area contributed by atoms with Crippen LogP contribution in [-0.2, 0) is 6.42 Å². The van der Waals surface area contributed by atoms with E-state index in [1.807, 2.05) is 0 Å². The van der Waals surface area contributed by atoms with Gasteiger partial charge in [0, 0.05) is 5.69 Å². The van der Waals surface area contributed by atoms with E-state index in [0.29, 0.717) is 11.6 Å². The van der Waals surface area contributed by atoms with Crippen molar-refractivity contribution in [1.29, 1.82) is 0 Å². The Kier molecular flexibility index (Phi) is 3.29. The zero-order chi connectivity index (χ0) is 9.84. The molecule has 13 heavy (non-hydrogen) atoms. The van der Waals surface area contributed by atoms with E-state index in [0.717, 1.165) is 18.4 Å². The van der Waals surface area contributed by atoms with E-state index in [1.54, 1.807) is 6.07 Å². The van der Waals surface area contributed by atoms with Gasteiger partial charge in [0.15, 0.2) is 0 Å². The average Bonchev–Trinajstić information content (AvgIpc) is 2.06. The number of rotatable bonds is 3. The first-order valence-corrected chi connectivity index (χ1v) is 4.63. The normalized spacial score (nSPS) is 10.8. The van der Waals surface area contributed by atoms with Crippen LogP contribution in [0.2, 0.25) is 0 Å². The maximum absolute atomic E-state index is 12.8. The van der Waals surface area contributed by atoms with Gasteiger partial charge in [-0.1, -0.05) is 13.8 Å². The maximum Gasteiger partial charge on any atom is 0.123 e. The molecule has 0 bridgehead atoms. The van der Waals surface area contributed by atoms with E-state index < -0.39 is 0 Å². The van der Waals surface area contributed by atoms with Crippen LogP contribution in [0.1, 0.15) is 25.8 Å². The van der Waals surface area contributed by atoms with Crippen molar-refractivity contribution in [3.05, 3.63) is 29.6 Å². The van der Waals surface area contributed by atoms with E-state index >= 15 is 0 Å². The van der Waals surface area contributed by atoms with Gasteiger partial charge >= 0.3 is 0 Å². The zero-order valence-electron chi connectivity index (χ0n) is 8.18. The van der Waals surface area contributed by atoms with Crippen LogP contribution in [0.25, 0.3) is 0 Å². The fourth-order valence-corrected chi connectivity index (χ4v) is 1.24. The minimum atomic E-state index is -0.201. The number of halogens is 1. The minimum absolute atomic E-state index is 0.201. The highest BCUT2D eigenvalue weighted by molar-refractivity contribution is 5.46. The number of hydrogen-bond acceptors (Lipinski definition) is 1. The first-order chi connectivity index (χ1) is 6.09. The minimum Gasteiger partial charge on any atom is -0.399 e. The number of nitrogen functional groups attached to an aromatic ring is 1. The van der Waals surface area contributed by atoms with Crippen LogP contribution in [0.15, 0.2) is 18.2 Å². The maximum atomic E-state index is 12.8. The summed E-state index contributed by atoms with van der Waals surface area (Å²) in [6, 6.07) is 4.55. The lowest BCUT2D eigenvalue weighted by molar-refractivity contribution is 0.582. The third kappa shape index (κ3) is 3.05. The summed E-state index contributed by atoms with van der Waals surface area (Å²) >= 11 is 0. The van der Waals surface area contributed by atoms with Crippen molar-refractivity contribution in [3.8, 4) is 0 Å². The Balaban J connectivity index is 2.70. The highest BCUT2D eigenvalue weighted by atomic mass is 19.1. The van der Waals surface area contributed by atoms with Gasteiger partial charge in [0.1, 0.15) is 5.82 Å². The molecule has 1 aromatic carbocycles.